The number of rotatable bonds is 9. The first kappa shape index (κ1) is 41.5. The van der Waals surface area contributed by atoms with Crippen LogP contribution in [0.1, 0.15) is 0 Å². The van der Waals surface area contributed by atoms with Crippen molar-refractivity contribution in [3.05, 3.63) is 279 Å². The van der Waals surface area contributed by atoms with Gasteiger partial charge in [-0.25, -0.2) is 4.98 Å². The van der Waals surface area contributed by atoms with E-state index in [2.05, 4.69) is 264 Å². The lowest BCUT2D eigenvalue weighted by molar-refractivity contribution is 1.08. The number of para-hydroxylation sites is 3. The van der Waals surface area contributed by atoms with Gasteiger partial charge in [-0.1, -0.05) is 212 Å². The van der Waals surface area contributed by atoms with Gasteiger partial charge >= 0.3 is 0 Å². The topological polar surface area (TPSA) is 34.0 Å². The van der Waals surface area contributed by atoms with Crippen LogP contribution in [0.2, 0.25) is 0 Å². The maximum atomic E-state index is 5.14. The molecule has 0 radical (unpaired) electrons. The highest BCUT2D eigenvalue weighted by Crippen LogP contribution is 2.46. The second-order valence-corrected chi connectivity index (χ2v) is 25.5. The number of hydrogen-bond acceptors (Lipinski definition) is 3. The van der Waals surface area contributed by atoms with E-state index in [1.165, 1.54) is 63.6 Å². The van der Waals surface area contributed by atoms with Crippen molar-refractivity contribution in [2.45, 2.75) is 0 Å². The number of aromatic nitrogens is 3. The molecule has 0 spiro atoms. The van der Waals surface area contributed by atoms with E-state index in [-0.39, 0.29) is 0 Å². The number of pyridine rings is 2. The minimum Gasteiger partial charge on any atom is -0.310 e. The largest absolute Gasteiger partial charge is 0.310 e. The molecule has 4 nitrogen and oxygen atoms in total. The van der Waals surface area contributed by atoms with Gasteiger partial charge in [-0.05, 0) is 96.1 Å². The third-order valence-corrected chi connectivity index (χ3v) is 24.4. The Balaban J connectivity index is 1.36. The van der Waals surface area contributed by atoms with E-state index >= 15 is 0 Å². The zero-order valence-electron chi connectivity index (χ0n) is 38.3. The maximum absolute atomic E-state index is 5.14. The first-order valence-electron chi connectivity index (χ1n) is 24.0. The highest BCUT2D eigenvalue weighted by atomic mass is 28.3. The third-order valence-electron chi connectivity index (χ3n) is 14.5. The molecule has 0 amide bonds. The minimum absolute atomic E-state index is 0.875. The number of benzene rings is 9. The molecule has 0 atom stereocenters. The molecule has 6 heteroatoms. The maximum Gasteiger partial charge on any atom is 0.183 e. The van der Waals surface area contributed by atoms with Crippen molar-refractivity contribution in [1.82, 2.24) is 14.5 Å². The molecule has 70 heavy (non-hydrogen) atoms. The number of anilines is 3. The van der Waals surface area contributed by atoms with Crippen molar-refractivity contribution < 1.29 is 0 Å². The lowest BCUT2D eigenvalue weighted by atomic mass is 10.1. The van der Waals surface area contributed by atoms with Gasteiger partial charge in [0.05, 0.1) is 22.4 Å². The fraction of sp³-hybridized carbons (Fsp3) is 0. The molecule has 0 unspecified atom stereocenters. The molecule has 4 heterocycles. The van der Waals surface area contributed by atoms with Crippen LogP contribution in [0.25, 0.3) is 38.9 Å². The van der Waals surface area contributed by atoms with Gasteiger partial charge in [0.1, 0.15) is 5.82 Å². The molecular weight excluding hydrogens is 881 g/mol. The summed E-state index contributed by atoms with van der Waals surface area (Å²) in [7, 11) is -6.89. The van der Waals surface area contributed by atoms with E-state index in [1.807, 2.05) is 24.5 Å². The molecule has 0 N–H and O–H groups in total. The molecule has 13 rings (SSSR count). The van der Waals surface area contributed by atoms with E-state index < -0.39 is 16.1 Å². The third kappa shape index (κ3) is 6.27. The van der Waals surface area contributed by atoms with Gasteiger partial charge in [0.25, 0.3) is 0 Å². The Kier molecular flexibility index (Phi) is 10.2. The summed E-state index contributed by atoms with van der Waals surface area (Å²) in [6.07, 6.45) is 3.82. The van der Waals surface area contributed by atoms with Crippen LogP contribution in [-0.4, -0.2) is 30.7 Å². The molecule has 12 aromatic rings. The lowest BCUT2D eigenvalue weighted by Crippen LogP contribution is -2.86. The van der Waals surface area contributed by atoms with E-state index in [0.29, 0.717) is 0 Å². The van der Waals surface area contributed by atoms with Crippen molar-refractivity contribution in [3.63, 3.8) is 0 Å². The second kappa shape index (κ2) is 17.1. The van der Waals surface area contributed by atoms with Crippen LogP contribution in [0.5, 0.6) is 0 Å². The highest BCUT2D eigenvalue weighted by molar-refractivity contribution is 7.28. The Morgan fingerprint density at radius 3 is 1.61 bits per heavy atom. The first-order valence-corrected chi connectivity index (χ1v) is 28.0. The Hall–Kier alpha value is -8.69. The van der Waals surface area contributed by atoms with Crippen LogP contribution in [0, 0.1) is 0 Å². The lowest BCUT2D eigenvalue weighted by Gasteiger charge is -2.49. The molecule has 330 valence electrons. The SMILES string of the molecule is c1ccc(N2c3ccccc3[Si](c3ccccc3)(c3ccccc3)c3c([Si](c4ccccc4)(c4ccccc4)c4cccc(-c5ccccn5)c4)cc4c(c32)c2ccccc2n4-c2ccccn2)cc1. The Morgan fingerprint density at radius 2 is 0.971 bits per heavy atom. The van der Waals surface area contributed by atoms with Crippen molar-refractivity contribution in [2.75, 3.05) is 4.90 Å². The van der Waals surface area contributed by atoms with E-state index in [4.69, 9.17) is 9.97 Å². The minimum atomic E-state index is -3.49. The number of fused-ring (bicyclic) bond motifs is 6. The summed E-state index contributed by atoms with van der Waals surface area (Å²) < 4.78 is 2.42. The molecule has 1 aliphatic heterocycles. The van der Waals surface area contributed by atoms with Crippen LogP contribution >= 0.6 is 0 Å². The van der Waals surface area contributed by atoms with Gasteiger partial charge in [-0.3, -0.25) is 9.55 Å². The molecular formula is C64H46N4Si2. The fourth-order valence-electron chi connectivity index (χ4n) is 11.8. The zero-order chi connectivity index (χ0) is 46.5. The molecule has 0 fully saturated rings. The second-order valence-electron chi connectivity index (χ2n) is 18.0. The normalized spacial score (nSPS) is 12.9. The predicted octanol–water partition coefficient (Wildman–Crippen LogP) is 9.78. The molecule has 3 aromatic heterocycles. The summed E-state index contributed by atoms with van der Waals surface area (Å²) in [6, 6.07) is 99.7. The average molecular weight is 927 g/mol. The molecule has 0 saturated carbocycles. The smallest absolute Gasteiger partial charge is 0.183 e. The van der Waals surface area contributed by atoms with Crippen molar-refractivity contribution in [3.8, 4) is 17.1 Å². The Labute approximate surface area is 410 Å². The first-order chi connectivity index (χ1) is 34.8. The van der Waals surface area contributed by atoms with E-state index in [9.17, 15) is 0 Å². The summed E-state index contributed by atoms with van der Waals surface area (Å²) >= 11 is 0. The quantitative estimate of drug-likeness (QED) is 0.107. The Morgan fingerprint density at radius 1 is 0.414 bits per heavy atom. The average Bonchev–Trinajstić information content (AvgIpc) is 3.79. The van der Waals surface area contributed by atoms with Crippen molar-refractivity contribution in [2.24, 2.45) is 0 Å². The summed E-state index contributed by atoms with van der Waals surface area (Å²) in [5, 5.41) is 13.0. The van der Waals surface area contributed by atoms with Gasteiger partial charge in [-0.15, -0.1) is 0 Å². The summed E-state index contributed by atoms with van der Waals surface area (Å²) in [5.41, 5.74) is 7.77. The molecule has 0 bridgehead atoms. The number of hydrogen-bond donors (Lipinski definition) is 0. The predicted molar refractivity (Wildman–Crippen MR) is 297 cm³/mol. The fourth-order valence-corrected chi connectivity index (χ4v) is 22.9. The van der Waals surface area contributed by atoms with Gasteiger partial charge in [0, 0.05) is 40.1 Å². The summed E-state index contributed by atoms with van der Waals surface area (Å²) in [6.45, 7) is 0. The van der Waals surface area contributed by atoms with Crippen LogP contribution in [-0.2, 0) is 0 Å². The van der Waals surface area contributed by atoms with Gasteiger partial charge in [0.2, 0.25) is 0 Å². The summed E-state index contributed by atoms with van der Waals surface area (Å²) in [4.78, 5) is 12.7. The zero-order valence-corrected chi connectivity index (χ0v) is 40.3. The monoisotopic (exact) mass is 926 g/mol. The Bertz CT molecular complexity index is 3740. The standard InChI is InChI=1S/C64H46N4Si2/c1-6-26-48(27-7-1)67-57-40-18-19-41-59(57)70(51-32-12-4-13-33-51,52-34-14-5-15-35-52)64-60(46-58-62(63(64)67)54-37-16-17-39-56(54)68(58)61-42-21-23-44-66-61)69(49-28-8-2-9-29-49,50-30-10-3-11-31-50)53-36-24-25-47(45-53)55-38-20-22-43-65-55/h1-46H. The van der Waals surface area contributed by atoms with E-state index in [0.717, 1.165) is 33.8 Å². The molecule has 1 aliphatic rings. The van der Waals surface area contributed by atoms with Crippen LogP contribution in [0.4, 0.5) is 17.1 Å². The van der Waals surface area contributed by atoms with Gasteiger partial charge in [-0.2, -0.15) is 0 Å². The molecule has 0 aliphatic carbocycles. The van der Waals surface area contributed by atoms with Gasteiger partial charge in [0.15, 0.2) is 16.1 Å². The van der Waals surface area contributed by atoms with E-state index in [1.54, 1.807) is 0 Å². The highest BCUT2D eigenvalue weighted by Gasteiger charge is 2.55. The van der Waals surface area contributed by atoms with Gasteiger partial charge < -0.3 is 4.90 Å². The summed E-state index contributed by atoms with van der Waals surface area (Å²) in [5.74, 6) is 0.875. The van der Waals surface area contributed by atoms with Crippen molar-refractivity contribution >= 4 is 96.5 Å². The van der Waals surface area contributed by atoms with Crippen molar-refractivity contribution in [1.29, 1.82) is 0 Å². The van der Waals surface area contributed by atoms with Crippen LogP contribution in [0.15, 0.2) is 279 Å². The number of nitrogens with zero attached hydrogens (tertiary/aromatic N) is 4. The molecule has 9 aromatic carbocycles. The van der Waals surface area contributed by atoms with Crippen LogP contribution < -0.4 is 46.4 Å². The molecule has 0 saturated heterocycles. The van der Waals surface area contributed by atoms with Crippen LogP contribution in [0.3, 0.4) is 0 Å².